The van der Waals surface area contributed by atoms with E-state index in [-0.39, 0.29) is 0 Å². The molecule has 22 rings (SSSR count). The Morgan fingerprint density at radius 2 is 0.303 bits per heavy atom. The fourth-order valence-electron chi connectivity index (χ4n) is 8.93. The van der Waals surface area contributed by atoms with Gasteiger partial charge in [0.25, 0.3) is 0 Å². The maximum atomic E-state index is 11.2. The van der Waals surface area contributed by atoms with Crippen LogP contribution in [0.4, 0.5) is 0 Å². The van der Waals surface area contributed by atoms with Crippen LogP contribution in [0.25, 0.3) is 0 Å². The molecule has 18 N–H and O–H groups in total. The molecule has 0 saturated carbocycles. The molecule has 22 saturated heterocycles. The van der Waals surface area contributed by atoms with E-state index in [0.29, 0.717) is 0 Å². The van der Waals surface area contributed by atoms with Crippen LogP contribution in [0.15, 0.2) is 0 Å². The summed E-state index contributed by atoms with van der Waals surface area (Å²) >= 11 is 0. The highest BCUT2D eigenvalue weighted by molar-refractivity contribution is 5.01. The molecule has 12 bridgehead atoms. The third-order valence-electron chi connectivity index (χ3n) is 12.7. The van der Waals surface area contributed by atoms with Gasteiger partial charge >= 0.3 is 0 Å². The highest BCUT2D eigenvalue weighted by Crippen LogP contribution is 2.38. The lowest BCUT2D eigenvalue weighted by Crippen LogP contribution is -2.69. The summed E-state index contributed by atoms with van der Waals surface area (Å²) in [5.41, 5.74) is 0. The lowest BCUT2D eigenvalue weighted by atomic mass is 9.94. The molecule has 30 nitrogen and oxygen atoms in total. The summed E-state index contributed by atoms with van der Waals surface area (Å²) < 4.78 is 67.9. The molecule has 0 radical (unpaired) electrons. The first-order valence-electron chi connectivity index (χ1n) is 21.1. The van der Waals surface area contributed by atoms with E-state index in [1.54, 1.807) is 0 Å². The molecule has 22 heterocycles. The molecule has 0 aliphatic carbocycles. The predicted molar refractivity (Wildman–Crippen MR) is 196 cm³/mol. The van der Waals surface area contributed by atoms with Crippen LogP contribution in [-0.4, -0.2) is 316 Å². The Bertz CT molecular complexity index is 1230. The minimum absolute atomic E-state index is 0.999. The van der Waals surface area contributed by atoms with E-state index >= 15 is 0 Å². The van der Waals surface area contributed by atoms with Crippen LogP contribution in [0, 0.1) is 0 Å². The van der Waals surface area contributed by atoms with Gasteiger partial charge in [0.1, 0.15) is 146 Å². The second-order valence-corrected chi connectivity index (χ2v) is 16.8. The number of hydrogen-bond acceptors (Lipinski definition) is 30. The van der Waals surface area contributed by atoms with Crippen LogP contribution in [-0.2, 0) is 56.8 Å². The van der Waals surface area contributed by atoms with E-state index in [2.05, 4.69) is 0 Å². The molecule has 0 amide bonds. The van der Waals surface area contributed by atoms with Crippen molar-refractivity contribution in [2.75, 3.05) is 39.6 Å². The summed E-state index contributed by atoms with van der Waals surface area (Å²) in [4.78, 5) is 0. The van der Waals surface area contributed by atoms with Gasteiger partial charge in [0.2, 0.25) is 0 Å². The van der Waals surface area contributed by atoms with Crippen LogP contribution in [0.5, 0.6) is 0 Å². The van der Waals surface area contributed by atoms with Crippen molar-refractivity contribution in [2.45, 2.75) is 184 Å². The van der Waals surface area contributed by atoms with E-state index < -0.39 is 224 Å². The van der Waals surface area contributed by atoms with Gasteiger partial charge in [-0.1, -0.05) is 0 Å². The zero-order valence-electron chi connectivity index (χ0n) is 34.5. The van der Waals surface area contributed by atoms with Crippen LogP contribution in [0.2, 0.25) is 0 Å². The molecule has 22 fully saturated rings. The van der Waals surface area contributed by atoms with Gasteiger partial charge in [-0.05, 0) is 0 Å². The van der Waals surface area contributed by atoms with Crippen LogP contribution >= 0.6 is 0 Å². The van der Waals surface area contributed by atoms with Gasteiger partial charge < -0.3 is 149 Å². The highest BCUT2D eigenvalue weighted by atomic mass is 16.8. The molecule has 22 aliphatic rings. The van der Waals surface area contributed by atoms with Crippen molar-refractivity contribution in [1.82, 2.24) is 0 Å². The van der Waals surface area contributed by atoms with Crippen molar-refractivity contribution < 1.29 is 149 Å². The number of rotatable bonds is 6. The molecule has 0 aromatic carbocycles. The fraction of sp³-hybridized carbons (Fsp3) is 1.00. The Kier molecular flexibility index (Phi) is 17.6. The largest absolute Gasteiger partial charge is 0.394 e. The van der Waals surface area contributed by atoms with Gasteiger partial charge in [-0.25, -0.2) is 0 Å². The van der Waals surface area contributed by atoms with Crippen molar-refractivity contribution in [1.29, 1.82) is 0 Å². The van der Waals surface area contributed by atoms with Gasteiger partial charge in [0.15, 0.2) is 37.7 Å². The molecule has 0 aromatic heterocycles. The summed E-state index contributed by atoms with van der Waals surface area (Å²) in [6, 6.07) is 0. The Hall–Kier alpha value is -1.20. The van der Waals surface area contributed by atoms with Crippen LogP contribution in [0.1, 0.15) is 0 Å². The smallest absolute Gasteiger partial charge is 0.187 e. The van der Waals surface area contributed by atoms with E-state index in [1.807, 2.05) is 0 Å². The minimum atomic E-state index is -2.15. The topological polar surface area (TPSA) is 475 Å². The van der Waals surface area contributed by atoms with Crippen molar-refractivity contribution >= 4 is 0 Å². The summed E-state index contributed by atoms with van der Waals surface area (Å²) in [6.07, 6.45) is -58.5. The molecular weight excluding hydrogens is 912 g/mol. The summed E-state index contributed by atoms with van der Waals surface area (Å²) in [6.45, 7) is -5.99. The first kappa shape index (κ1) is 52.6. The molecule has 0 aromatic rings. The Morgan fingerprint density at radius 1 is 0.182 bits per heavy atom. The second-order valence-electron chi connectivity index (χ2n) is 16.8. The maximum Gasteiger partial charge on any atom is 0.187 e. The third-order valence-corrected chi connectivity index (χ3v) is 12.7. The molecule has 30 heteroatoms. The molecule has 384 valence electrons. The van der Waals surface area contributed by atoms with E-state index in [4.69, 9.17) is 56.8 Å². The molecule has 30 atom stereocenters. The van der Waals surface area contributed by atoms with Gasteiger partial charge in [-0.3, -0.25) is 0 Å². The number of aliphatic hydroxyl groups excluding tert-OH is 18. The quantitative estimate of drug-likeness (QED) is 0.117. The van der Waals surface area contributed by atoms with Crippen LogP contribution < -0.4 is 0 Å². The number of ether oxygens (including phenoxy) is 12. The standard InChI is InChI=1S/C36H60O30/c37-1-7-25-13(43)19(49)31(55-7)62-26-8(2-38)57-33(21(51)15(26)45)64-28-10(4-40)59-35(23(53)17(28)47)66-30-12(6-42)60-36(24(54)18(30)48)65-29-11(5-41)58-34(22(52)16(29)46)63-27-9(3-39)56-32(61-25)20(50)14(27)44/h7-54H,1-6H2/t7?,8?,9?,10?,11?,12?,13-,14-,15-,16?,17?,18?,19?,20?,21?,22+,23+,24+,25-,26-,27-,28-,29-,30-,31-,32-,33-,34-,35-,36-/m1/s1. The van der Waals surface area contributed by atoms with Crippen molar-refractivity contribution in [3.63, 3.8) is 0 Å². The minimum Gasteiger partial charge on any atom is -0.394 e. The normalized spacial score (nSPS) is 55.4. The first-order valence-corrected chi connectivity index (χ1v) is 21.1. The van der Waals surface area contributed by atoms with Gasteiger partial charge in [-0.15, -0.1) is 0 Å². The molecular formula is C36H60O30. The zero-order chi connectivity index (χ0) is 48.0. The number of hydrogen-bond donors (Lipinski definition) is 18. The molecule has 22 aliphatic heterocycles. The highest BCUT2D eigenvalue weighted by Gasteiger charge is 2.58. The Balaban J connectivity index is 1.19. The Labute approximate surface area is 372 Å². The number of aliphatic hydroxyl groups is 18. The molecule has 12 unspecified atom stereocenters. The first-order chi connectivity index (χ1) is 31.4. The summed E-state index contributed by atoms with van der Waals surface area (Å²) in [5, 5.41) is 196. The lowest BCUT2D eigenvalue weighted by molar-refractivity contribution is -0.404. The zero-order valence-corrected chi connectivity index (χ0v) is 34.5. The van der Waals surface area contributed by atoms with Crippen molar-refractivity contribution in [3.8, 4) is 0 Å². The van der Waals surface area contributed by atoms with E-state index in [1.165, 1.54) is 0 Å². The average Bonchev–Trinajstić information content (AvgIpc) is 3.31. The summed E-state index contributed by atoms with van der Waals surface area (Å²) in [7, 11) is 0. The van der Waals surface area contributed by atoms with E-state index in [9.17, 15) is 91.9 Å². The van der Waals surface area contributed by atoms with Gasteiger partial charge in [0, 0.05) is 0 Å². The average molecular weight is 973 g/mol. The molecule has 66 heavy (non-hydrogen) atoms. The summed E-state index contributed by atoms with van der Waals surface area (Å²) in [5.74, 6) is 0. The fourth-order valence-corrected chi connectivity index (χ4v) is 8.93. The van der Waals surface area contributed by atoms with Crippen molar-refractivity contribution in [3.05, 3.63) is 0 Å². The maximum absolute atomic E-state index is 11.2. The lowest BCUT2D eigenvalue weighted by Gasteiger charge is -2.50. The van der Waals surface area contributed by atoms with Crippen LogP contribution in [0.3, 0.4) is 0 Å². The second kappa shape index (κ2) is 22.1. The SMILES string of the molecule is OCC1O[C@@H]2O[C@@H]3C(CO)O[C@H](O[C@@H]4C(CO)O[C@H](O[C@@H]5C(CO)O[C@H](O[C@@H]6C(CO)O[C@H](O[C@@H]7C(CO)O[C@H](O[C@H]1C(O)[C@@H]2O)C(O)[C@H]7O)C(O)[C@H]6O)C(O)[C@H]5O)[C@@H](O)C4O)[C@@H](O)C3O. The Morgan fingerprint density at radius 3 is 0.409 bits per heavy atom. The van der Waals surface area contributed by atoms with Gasteiger partial charge in [0.05, 0.1) is 39.6 Å². The van der Waals surface area contributed by atoms with Gasteiger partial charge in [-0.2, -0.15) is 0 Å². The van der Waals surface area contributed by atoms with Crippen molar-refractivity contribution in [2.24, 2.45) is 0 Å². The monoisotopic (exact) mass is 972 g/mol. The predicted octanol–water partition coefficient (Wildman–Crippen LogP) is -13.1. The third kappa shape index (κ3) is 10.0. The van der Waals surface area contributed by atoms with E-state index in [0.717, 1.165) is 0 Å². The molecule has 0 spiro atoms.